The number of pyridine rings is 1. The van der Waals surface area contributed by atoms with E-state index in [2.05, 4.69) is 10.3 Å². The van der Waals surface area contributed by atoms with Crippen molar-refractivity contribution in [1.29, 1.82) is 0 Å². The number of hydrogen-bond donors (Lipinski definition) is 1. The van der Waals surface area contributed by atoms with Crippen molar-refractivity contribution in [3.05, 3.63) is 89.9 Å². The van der Waals surface area contributed by atoms with Crippen LogP contribution in [0, 0.1) is 11.6 Å². The van der Waals surface area contributed by atoms with Gasteiger partial charge in [-0.3, -0.25) is 4.99 Å². The van der Waals surface area contributed by atoms with Crippen molar-refractivity contribution >= 4 is 22.4 Å². The van der Waals surface area contributed by atoms with Crippen molar-refractivity contribution in [3.8, 4) is 23.0 Å². The molecule has 6 rings (SSSR count). The van der Waals surface area contributed by atoms with Gasteiger partial charge in [-0.25, -0.2) is 18.7 Å². The van der Waals surface area contributed by atoms with Crippen molar-refractivity contribution in [2.24, 2.45) is 4.99 Å². The molecule has 38 heavy (non-hydrogen) atoms. The third-order valence-electron chi connectivity index (χ3n) is 6.61. The summed E-state index contributed by atoms with van der Waals surface area (Å²) in [5.74, 6) is -1.37. The van der Waals surface area contributed by atoms with Gasteiger partial charge in [-0.2, -0.15) is 0 Å². The lowest BCUT2D eigenvalue weighted by Crippen LogP contribution is -2.23. The fourth-order valence-corrected chi connectivity index (χ4v) is 4.76. The second kappa shape index (κ2) is 10.2. The first-order chi connectivity index (χ1) is 18.6. The van der Waals surface area contributed by atoms with E-state index in [1.54, 1.807) is 19.4 Å². The first-order valence-corrected chi connectivity index (χ1v) is 12.4. The average molecular weight is 514 g/mol. The van der Waals surface area contributed by atoms with Crippen LogP contribution in [-0.4, -0.2) is 40.9 Å². The van der Waals surface area contributed by atoms with Crippen LogP contribution < -0.4 is 15.4 Å². The Morgan fingerprint density at radius 3 is 2.63 bits per heavy atom. The minimum Gasteiger partial charge on any atom is -0.480 e. The highest BCUT2D eigenvalue weighted by molar-refractivity contribution is 5.84. The highest BCUT2D eigenvalue weighted by Crippen LogP contribution is 2.32. The summed E-state index contributed by atoms with van der Waals surface area (Å²) in [5, 5.41) is 4.14. The first-order valence-electron chi connectivity index (χ1n) is 12.4. The molecule has 1 N–H and O–H groups in total. The van der Waals surface area contributed by atoms with Crippen LogP contribution in [0.2, 0.25) is 0 Å². The number of hydrogen-bond acceptors (Lipinski definition) is 6. The SMILES string of the molecule is COc1ncccc1Nc1cc2nc3ccccc3n(-c3ccc(F)c(F)c3)c-2c/c1=N\C1CCOCC1. The number of ether oxygens (including phenoxy) is 2. The van der Waals surface area contributed by atoms with E-state index in [-0.39, 0.29) is 6.04 Å². The highest BCUT2D eigenvalue weighted by Gasteiger charge is 2.19. The zero-order valence-corrected chi connectivity index (χ0v) is 20.7. The molecule has 3 aliphatic rings. The fraction of sp³-hybridized carbons (Fsp3) is 0.207. The number of methoxy groups -OCH3 is 1. The van der Waals surface area contributed by atoms with Crippen LogP contribution in [0.4, 0.5) is 20.2 Å². The Bertz CT molecular complexity index is 1660. The quantitative estimate of drug-likeness (QED) is 0.308. The smallest absolute Gasteiger partial charge is 0.237 e. The summed E-state index contributed by atoms with van der Waals surface area (Å²) in [6, 6.07) is 19.1. The second-order valence-electron chi connectivity index (χ2n) is 9.05. The van der Waals surface area contributed by atoms with Crippen molar-refractivity contribution in [2.75, 3.05) is 25.6 Å². The Balaban J connectivity index is 1.63. The summed E-state index contributed by atoms with van der Waals surface area (Å²) >= 11 is 0. The van der Waals surface area contributed by atoms with E-state index in [0.29, 0.717) is 52.7 Å². The molecule has 3 aromatic rings. The molecular formula is C29H25F2N5O2. The zero-order chi connectivity index (χ0) is 26.1. The number of halogens is 2. The van der Waals surface area contributed by atoms with Crippen molar-refractivity contribution in [2.45, 2.75) is 18.9 Å². The fourth-order valence-electron chi connectivity index (χ4n) is 4.76. The maximum atomic E-state index is 14.4. The van der Waals surface area contributed by atoms with Gasteiger partial charge in [-0.1, -0.05) is 12.1 Å². The van der Waals surface area contributed by atoms with Crippen LogP contribution in [0.15, 0.2) is 77.9 Å². The summed E-state index contributed by atoms with van der Waals surface area (Å²) in [6.07, 6.45) is 3.29. The van der Waals surface area contributed by atoms with E-state index in [1.165, 1.54) is 6.07 Å². The maximum Gasteiger partial charge on any atom is 0.237 e. The summed E-state index contributed by atoms with van der Waals surface area (Å²) in [6.45, 7) is 1.31. The number of anilines is 2. The molecule has 0 spiro atoms. The van der Waals surface area contributed by atoms with Gasteiger partial charge in [0.05, 0.1) is 46.6 Å². The van der Waals surface area contributed by atoms with Crippen LogP contribution in [0.25, 0.3) is 28.1 Å². The van der Waals surface area contributed by atoms with Gasteiger partial charge in [0.15, 0.2) is 11.6 Å². The lowest BCUT2D eigenvalue weighted by atomic mass is 10.1. The molecule has 2 aromatic carbocycles. The lowest BCUT2D eigenvalue weighted by Gasteiger charge is -2.22. The topological polar surface area (TPSA) is 73.6 Å². The molecule has 1 aromatic heterocycles. The Labute approximate surface area is 217 Å². The molecule has 0 amide bonds. The van der Waals surface area contributed by atoms with Gasteiger partial charge in [0, 0.05) is 31.2 Å². The molecule has 0 bridgehead atoms. The van der Waals surface area contributed by atoms with Gasteiger partial charge in [0.25, 0.3) is 0 Å². The third kappa shape index (κ3) is 4.56. The first kappa shape index (κ1) is 24.0. The van der Waals surface area contributed by atoms with E-state index in [9.17, 15) is 8.78 Å². The summed E-state index contributed by atoms with van der Waals surface area (Å²) in [7, 11) is 1.57. The van der Waals surface area contributed by atoms with E-state index in [4.69, 9.17) is 19.5 Å². The highest BCUT2D eigenvalue weighted by atomic mass is 19.2. The number of nitrogens with one attached hydrogen (secondary N) is 1. The predicted octanol–water partition coefficient (Wildman–Crippen LogP) is 5.64. The Morgan fingerprint density at radius 2 is 1.82 bits per heavy atom. The summed E-state index contributed by atoms with van der Waals surface area (Å²) < 4.78 is 41.1. The summed E-state index contributed by atoms with van der Waals surface area (Å²) in [4.78, 5) is 14.3. The molecule has 0 radical (unpaired) electrons. The molecule has 3 heterocycles. The number of aromatic nitrogens is 3. The lowest BCUT2D eigenvalue weighted by molar-refractivity contribution is 0.0864. The maximum absolute atomic E-state index is 14.4. The van der Waals surface area contributed by atoms with Crippen molar-refractivity contribution in [1.82, 2.24) is 14.5 Å². The number of rotatable bonds is 5. The number of nitrogens with zero attached hydrogens (tertiary/aromatic N) is 4. The standard InChI is InChI=1S/C29H25F2N5O2/c1-37-29-23(6-4-12-32-29)35-24-16-26-28(17-25(24)33-18-10-13-38-14-11-18)36(19-8-9-20(30)21(31)15-19)27-7-3-2-5-22(27)34-26/h2-9,12,15-18,35H,10-11,13-14H2,1H3/b33-25+. The second-order valence-corrected chi connectivity index (χ2v) is 9.05. The number of benzene rings is 3. The Morgan fingerprint density at radius 1 is 0.974 bits per heavy atom. The molecule has 1 fully saturated rings. The third-order valence-corrected chi connectivity index (χ3v) is 6.61. The largest absolute Gasteiger partial charge is 0.480 e. The monoisotopic (exact) mass is 513 g/mol. The van der Waals surface area contributed by atoms with Gasteiger partial charge in [-0.15, -0.1) is 0 Å². The Kier molecular flexibility index (Phi) is 6.43. The molecule has 1 aliphatic carbocycles. The number of para-hydroxylation sites is 2. The summed E-state index contributed by atoms with van der Waals surface area (Å²) in [5.41, 5.74) is 4.75. The molecule has 9 heteroatoms. The van der Waals surface area contributed by atoms with Gasteiger partial charge >= 0.3 is 0 Å². The Hall–Kier alpha value is -4.37. The molecule has 192 valence electrons. The number of fused-ring (bicyclic) bond motifs is 2. The molecule has 0 atom stereocenters. The molecular weight excluding hydrogens is 488 g/mol. The van der Waals surface area contributed by atoms with E-state index >= 15 is 0 Å². The van der Waals surface area contributed by atoms with Crippen LogP contribution in [0.1, 0.15) is 12.8 Å². The average Bonchev–Trinajstić information content (AvgIpc) is 2.94. The molecule has 0 unspecified atom stereocenters. The van der Waals surface area contributed by atoms with Gasteiger partial charge in [-0.05, 0) is 61.4 Å². The minimum absolute atomic E-state index is 0.0858. The normalized spacial score (nSPS) is 14.8. The van der Waals surface area contributed by atoms with Crippen LogP contribution in [-0.2, 0) is 4.74 Å². The van der Waals surface area contributed by atoms with Crippen LogP contribution >= 0.6 is 0 Å². The van der Waals surface area contributed by atoms with E-state index in [1.807, 2.05) is 53.1 Å². The van der Waals surface area contributed by atoms with E-state index in [0.717, 1.165) is 30.1 Å². The van der Waals surface area contributed by atoms with Gasteiger partial charge in [0.1, 0.15) is 5.69 Å². The molecule has 7 nitrogen and oxygen atoms in total. The van der Waals surface area contributed by atoms with Crippen molar-refractivity contribution < 1.29 is 18.3 Å². The molecule has 2 aliphatic heterocycles. The molecule has 1 saturated heterocycles. The van der Waals surface area contributed by atoms with Gasteiger partial charge in [0.2, 0.25) is 5.88 Å². The van der Waals surface area contributed by atoms with Gasteiger partial charge < -0.3 is 19.4 Å². The van der Waals surface area contributed by atoms with E-state index < -0.39 is 11.6 Å². The zero-order valence-electron chi connectivity index (χ0n) is 20.7. The molecule has 0 saturated carbocycles. The predicted molar refractivity (Wildman–Crippen MR) is 141 cm³/mol. The van der Waals surface area contributed by atoms with Crippen LogP contribution in [0.5, 0.6) is 5.88 Å². The minimum atomic E-state index is -0.918. The van der Waals surface area contributed by atoms with Crippen molar-refractivity contribution in [3.63, 3.8) is 0 Å². The van der Waals surface area contributed by atoms with Crippen LogP contribution in [0.3, 0.4) is 0 Å².